The fourth-order valence-electron chi connectivity index (χ4n) is 5.28. The van der Waals surface area contributed by atoms with Gasteiger partial charge in [0.1, 0.15) is 11.5 Å². The van der Waals surface area contributed by atoms with Crippen LogP contribution in [0.1, 0.15) is 44.7 Å². The molecule has 0 radical (unpaired) electrons. The Labute approximate surface area is 254 Å². The van der Waals surface area contributed by atoms with Crippen molar-refractivity contribution in [3.8, 4) is 22.6 Å². The van der Waals surface area contributed by atoms with Gasteiger partial charge in [-0.1, -0.05) is 67.6 Å². The molecule has 7 heteroatoms. The second-order valence-electron chi connectivity index (χ2n) is 11.5. The highest BCUT2D eigenvalue weighted by Gasteiger charge is 2.33. The van der Waals surface area contributed by atoms with Crippen molar-refractivity contribution in [3.05, 3.63) is 108 Å². The molecule has 1 heterocycles. The average Bonchev–Trinajstić information content (AvgIpc) is 3.15. The number of nitrogens with zero attached hydrogens (tertiary/aromatic N) is 1. The van der Waals surface area contributed by atoms with Crippen LogP contribution in [0, 0.1) is 0 Å². The lowest BCUT2D eigenvalue weighted by molar-refractivity contribution is -0.121. The van der Waals surface area contributed by atoms with Crippen LogP contribution in [0.4, 0.5) is 16.2 Å². The molecule has 0 unspecified atom stereocenters. The summed E-state index contributed by atoms with van der Waals surface area (Å²) in [6.07, 6.45) is 2.58. The van der Waals surface area contributed by atoms with Crippen molar-refractivity contribution < 1.29 is 14.3 Å². The van der Waals surface area contributed by atoms with E-state index in [1.54, 1.807) is 19.2 Å². The summed E-state index contributed by atoms with van der Waals surface area (Å²) in [4.78, 5) is 27.5. The zero-order valence-electron chi connectivity index (χ0n) is 25.3. The summed E-state index contributed by atoms with van der Waals surface area (Å²) >= 11 is 0. The van der Waals surface area contributed by atoms with Gasteiger partial charge in [-0.05, 0) is 86.2 Å². The Bertz CT molecular complexity index is 1560. The van der Waals surface area contributed by atoms with Gasteiger partial charge in [0.15, 0.2) is 0 Å². The van der Waals surface area contributed by atoms with E-state index in [0.29, 0.717) is 18.0 Å². The summed E-state index contributed by atoms with van der Waals surface area (Å²) in [7, 11) is 1.58. The molecule has 5 rings (SSSR count). The summed E-state index contributed by atoms with van der Waals surface area (Å²) in [5, 5.41) is 8.91. The zero-order valence-corrected chi connectivity index (χ0v) is 25.3. The first-order valence-electron chi connectivity index (χ1n) is 14.9. The summed E-state index contributed by atoms with van der Waals surface area (Å²) in [6, 6.07) is 31.2. The maximum absolute atomic E-state index is 13.9. The van der Waals surface area contributed by atoms with Crippen molar-refractivity contribution in [2.45, 2.75) is 58.2 Å². The Balaban J connectivity index is 1.35. The average molecular weight is 577 g/mol. The van der Waals surface area contributed by atoms with Crippen LogP contribution < -0.4 is 25.6 Å². The van der Waals surface area contributed by atoms with E-state index >= 15 is 0 Å². The number of ether oxygens (including phenoxy) is 1. The molecule has 1 aliphatic rings. The molecule has 4 aromatic carbocycles. The Morgan fingerprint density at radius 3 is 2.35 bits per heavy atom. The number of hydrogen-bond acceptors (Lipinski definition) is 4. The Kier molecular flexibility index (Phi) is 9.12. The molecular weight excluding hydrogens is 536 g/mol. The van der Waals surface area contributed by atoms with Crippen molar-refractivity contribution in [1.29, 1.82) is 0 Å². The summed E-state index contributed by atoms with van der Waals surface area (Å²) < 4.78 is 6.24. The van der Waals surface area contributed by atoms with Crippen LogP contribution in [0.3, 0.4) is 0 Å². The van der Waals surface area contributed by atoms with E-state index in [0.717, 1.165) is 47.4 Å². The molecule has 0 aromatic heterocycles. The predicted octanol–water partition coefficient (Wildman–Crippen LogP) is 7.52. The second-order valence-corrected chi connectivity index (χ2v) is 11.5. The van der Waals surface area contributed by atoms with Crippen molar-refractivity contribution in [2.24, 2.45) is 0 Å². The quantitative estimate of drug-likeness (QED) is 0.192. The highest BCUT2D eigenvalue weighted by molar-refractivity contribution is 5.98. The number of aryl methyl sites for hydroxylation is 1. The van der Waals surface area contributed by atoms with Gasteiger partial charge in [-0.2, -0.15) is 0 Å². The van der Waals surface area contributed by atoms with Crippen LogP contribution in [0.2, 0.25) is 0 Å². The van der Waals surface area contributed by atoms with Gasteiger partial charge >= 0.3 is 6.03 Å². The fraction of sp³-hybridized carbons (Fsp3) is 0.278. The van der Waals surface area contributed by atoms with Gasteiger partial charge in [0.05, 0.1) is 12.6 Å². The first kappa shape index (κ1) is 29.9. The minimum atomic E-state index is -0.274. The van der Waals surface area contributed by atoms with Gasteiger partial charge in [0.2, 0.25) is 5.91 Å². The molecule has 0 saturated heterocycles. The number of urea groups is 1. The lowest BCUT2D eigenvalue weighted by Crippen LogP contribution is -2.53. The van der Waals surface area contributed by atoms with Crippen LogP contribution in [0.5, 0.6) is 11.5 Å². The summed E-state index contributed by atoms with van der Waals surface area (Å²) in [5.41, 5.74) is 5.79. The Hall–Kier alpha value is -4.62. The number of amides is 3. The lowest BCUT2D eigenvalue weighted by Gasteiger charge is -2.32. The lowest BCUT2D eigenvalue weighted by atomic mass is 9.98. The molecule has 222 valence electrons. The normalized spacial score (nSPS) is 14.9. The molecule has 0 bridgehead atoms. The van der Waals surface area contributed by atoms with Gasteiger partial charge in [0, 0.05) is 29.5 Å². The molecule has 43 heavy (non-hydrogen) atoms. The van der Waals surface area contributed by atoms with E-state index < -0.39 is 0 Å². The van der Waals surface area contributed by atoms with Crippen LogP contribution >= 0.6 is 0 Å². The fourth-order valence-corrected chi connectivity index (χ4v) is 5.28. The third-order valence-electron chi connectivity index (χ3n) is 8.06. The molecule has 0 spiro atoms. The highest BCUT2D eigenvalue weighted by Crippen LogP contribution is 2.35. The van der Waals surface area contributed by atoms with Gasteiger partial charge in [-0.15, -0.1) is 0 Å². The number of carbonyl (C=O) groups is 2. The topological polar surface area (TPSA) is 82.7 Å². The maximum Gasteiger partial charge on any atom is 0.318 e. The SMILES string of the molecule is CCC(C)(C)N[C@@H]1CCc2ccccc2N(Cc2ccc(-c3ccccc3Oc3ccc(NC(=O)NC)cc3)cc2)C1=O. The zero-order chi connectivity index (χ0) is 30.4. The van der Waals surface area contributed by atoms with Gasteiger partial charge in [-0.25, -0.2) is 4.79 Å². The van der Waals surface area contributed by atoms with E-state index in [2.05, 4.69) is 79.2 Å². The van der Waals surface area contributed by atoms with Crippen LogP contribution in [-0.4, -0.2) is 30.6 Å². The number of benzene rings is 4. The second kappa shape index (κ2) is 13.1. The Morgan fingerprint density at radius 2 is 1.63 bits per heavy atom. The molecule has 4 aromatic rings. The number of nitrogens with one attached hydrogen (secondary N) is 3. The van der Waals surface area contributed by atoms with Crippen molar-refractivity contribution in [3.63, 3.8) is 0 Å². The molecule has 3 N–H and O–H groups in total. The van der Waals surface area contributed by atoms with Gasteiger partial charge in [-0.3, -0.25) is 4.79 Å². The molecular formula is C36H40N4O3. The van der Waals surface area contributed by atoms with Crippen LogP contribution in [0.25, 0.3) is 11.1 Å². The minimum absolute atomic E-state index is 0.117. The first-order valence-corrected chi connectivity index (χ1v) is 14.9. The number of fused-ring (bicyclic) bond motifs is 1. The van der Waals surface area contributed by atoms with Gasteiger partial charge < -0.3 is 25.6 Å². The van der Waals surface area contributed by atoms with E-state index in [1.165, 1.54) is 5.56 Å². The van der Waals surface area contributed by atoms with E-state index in [9.17, 15) is 9.59 Å². The molecule has 0 saturated carbocycles. The summed E-state index contributed by atoms with van der Waals surface area (Å²) in [6.45, 7) is 6.95. The van der Waals surface area contributed by atoms with E-state index in [-0.39, 0.29) is 23.5 Å². The monoisotopic (exact) mass is 576 g/mol. The summed E-state index contributed by atoms with van der Waals surface area (Å²) in [5.74, 6) is 1.51. The third-order valence-corrected chi connectivity index (χ3v) is 8.06. The smallest absolute Gasteiger partial charge is 0.318 e. The van der Waals surface area contributed by atoms with Crippen LogP contribution in [0.15, 0.2) is 97.1 Å². The predicted molar refractivity (Wildman–Crippen MR) is 174 cm³/mol. The number of anilines is 2. The van der Waals surface area contributed by atoms with Gasteiger partial charge in [0.25, 0.3) is 0 Å². The minimum Gasteiger partial charge on any atom is -0.457 e. The van der Waals surface area contributed by atoms with Crippen molar-refractivity contribution in [2.75, 3.05) is 17.3 Å². The number of hydrogen-bond donors (Lipinski definition) is 3. The number of rotatable bonds is 9. The van der Waals surface area contributed by atoms with E-state index in [4.69, 9.17) is 4.74 Å². The molecule has 3 amide bonds. The highest BCUT2D eigenvalue weighted by atomic mass is 16.5. The van der Waals surface area contributed by atoms with Crippen molar-refractivity contribution >= 4 is 23.3 Å². The van der Waals surface area contributed by atoms with E-state index in [1.807, 2.05) is 47.4 Å². The molecule has 7 nitrogen and oxygen atoms in total. The largest absolute Gasteiger partial charge is 0.457 e. The third kappa shape index (κ3) is 7.24. The first-order chi connectivity index (χ1) is 20.8. The Morgan fingerprint density at radius 1 is 0.930 bits per heavy atom. The molecule has 0 aliphatic carbocycles. The number of carbonyl (C=O) groups excluding carboxylic acids is 2. The maximum atomic E-state index is 13.9. The number of para-hydroxylation sites is 2. The van der Waals surface area contributed by atoms with Crippen molar-refractivity contribution in [1.82, 2.24) is 10.6 Å². The molecule has 1 atom stereocenters. The standard InChI is InChI=1S/C36H40N4O3/c1-5-36(2,3)39-31-23-18-27-10-6-8-12-32(27)40(34(31)41)24-25-14-16-26(17-15-25)30-11-7-9-13-33(30)43-29-21-19-28(20-22-29)38-35(42)37-4/h6-17,19-22,31,39H,5,18,23-24H2,1-4H3,(H2,37,38,42)/t31-/m1/s1. The van der Waals surface area contributed by atoms with Crippen LogP contribution in [-0.2, 0) is 17.8 Å². The molecule has 0 fully saturated rings. The molecule has 1 aliphatic heterocycles.